The van der Waals surface area contributed by atoms with Crippen LogP contribution in [0.3, 0.4) is 0 Å². The highest BCUT2D eigenvalue weighted by Gasteiger charge is 2.75. The van der Waals surface area contributed by atoms with E-state index in [0.717, 1.165) is 29.6 Å². The van der Waals surface area contributed by atoms with Crippen molar-refractivity contribution in [2.24, 2.45) is 40.0 Å². The third kappa shape index (κ3) is 1.45. The molecule has 0 saturated heterocycles. The Morgan fingerprint density at radius 2 is 1.89 bits per heavy atom. The third-order valence-electron chi connectivity index (χ3n) is 6.67. The van der Waals surface area contributed by atoms with E-state index < -0.39 is 0 Å². The second kappa shape index (κ2) is 3.90. The Labute approximate surface area is 116 Å². The molecular weight excluding hydrogens is 238 g/mol. The zero-order chi connectivity index (χ0) is 13.1. The van der Waals surface area contributed by atoms with Gasteiger partial charge in [-0.2, -0.15) is 0 Å². The number of nitrogens with zero attached hydrogens (tertiary/aromatic N) is 1. The molecule has 0 amide bonds. The lowest BCUT2D eigenvalue weighted by Crippen LogP contribution is -2.37. The van der Waals surface area contributed by atoms with Gasteiger partial charge in [0, 0.05) is 0 Å². The molecule has 0 heterocycles. The predicted molar refractivity (Wildman–Crippen MR) is 78.8 cm³/mol. The van der Waals surface area contributed by atoms with E-state index in [1.54, 1.807) is 0 Å². The maximum Gasteiger partial charge on any atom is 0.0685 e. The highest BCUT2D eigenvalue weighted by molar-refractivity contribution is 7.78. The van der Waals surface area contributed by atoms with Gasteiger partial charge in [0.05, 0.1) is 10.7 Å². The number of isothiocyanates is 1. The van der Waals surface area contributed by atoms with E-state index in [4.69, 9.17) is 12.2 Å². The number of thiocarbonyl (C=S) groups is 1. The van der Waals surface area contributed by atoms with Crippen LogP contribution in [-0.4, -0.2) is 10.7 Å². The summed E-state index contributed by atoms with van der Waals surface area (Å²) in [5, 5.41) is 2.64. The Morgan fingerprint density at radius 3 is 2.56 bits per heavy atom. The lowest BCUT2D eigenvalue weighted by molar-refractivity contribution is 0.125. The van der Waals surface area contributed by atoms with Crippen LogP contribution in [0.4, 0.5) is 0 Å². The average Bonchev–Trinajstić information content (AvgIpc) is 2.86. The van der Waals surface area contributed by atoms with Crippen LogP contribution in [0.5, 0.6) is 0 Å². The molecule has 1 nitrogen and oxygen atoms in total. The van der Waals surface area contributed by atoms with Crippen molar-refractivity contribution in [3.05, 3.63) is 0 Å². The fraction of sp³-hybridized carbons (Fsp3) is 0.938. The zero-order valence-corrected chi connectivity index (χ0v) is 12.9. The Balaban J connectivity index is 1.91. The molecule has 0 aliphatic heterocycles. The molecule has 0 aromatic carbocycles. The van der Waals surface area contributed by atoms with Crippen molar-refractivity contribution < 1.29 is 0 Å². The molecule has 3 aliphatic carbocycles. The SMILES string of the molecule is C[C@@H]1CCC23[C@@H]1[C@@H]2[C@H](C(C)(C)N=C=S)CC[C@@H]3C. The molecule has 2 heteroatoms. The van der Waals surface area contributed by atoms with Crippen molar-refractivity contribution in [1.29, 1.82) is 0 Å². The third-order valence-corrected chi connectivity index (χ3v) is 6.76. The van der Waals surface area contributed by atoms with Crippen LogP contribution in [0.25, 0.3) is 0 Å². The molecule has 0 aromatic heterocycles. The first-order chi connectivity index (χ1) is 8.45. The second-order valence-electron chi connectivity index (χ2n) is 7.62. The summed E-state index contributed by atoms with van der Waals surface area (Å²) in [6, 6.07) is 0. The summed E-state index contributed by atoms with van der Waals surface area (Å²) in [6.45, 7) is 9.49. The van der Waals surface area contributed by atoms with Crippen molar-refractivity contribution >= 4 is 17.4 Å². The van der Waals surface area contributed by atoms with Gasteiger partial charge >= 0.3 is 0 Å². The number of aliphatic imine (C=N–C) groups is 1. The minimum Gasteiger partial charge on any atom is -0.226 e. The zero-order valence-electron chi connectivity index (χ0n) is 12.1. The van der Waals surface area contributed by atoms with Crippen LogP contribution < -0.4 is 0 Å². The number of fused-ring (bicyclic) bond motifs is 1. The Hall–Kier alpha value is -0.200. The molecule has 3 fully saturated rings. The predicted octanol–water partition coefficient (Wildman–Crippen LogP) is 4.58. The van der Waals surface area contributed by atoms with Crippen LogP contribution in [0.15, 0.2) is 4.99 Å². The summed E-state index contributed by atoms with van der Waals surface area (Å²) in [5.74, 6) is 4.51. The molecule has 3 aliphatic rings. The van der Waals surface area contributed by atoms with Crippen molar-refractivity contribution in [3.8, 4) is 0 Å². The van der Waals surface area contributed by atoms with Gasteiger partial charge in [0.25, 0.3) is 0 Å². The van der Waals surface area contributed by atoms with E-state index >= 15 is 0 Å². The maximum absolute atomic E-state index is 4.85. The summed E-state index contributed by atoms with van der Waals surface area (Å²) in [4.78, 5) is 4.50. The molecule has 1 spiro atoms. The van der Waals surface area contributed by atoms with Crippen molar-refractivity contribution in [2.45, 2.75) is 58.9 Å². The minimum absolute atomic E-state index is 0.00359. The van der Waals surface area contributed by atoms with Gasteiger partial charge in [0.15, 0.2) is 0 Å². The van der Waals surface area contributed by atoms with E-state index in [1.165, 1.54) is 25.7 Å². The van der Waals surface area contributed by atoms with Crippen LogP contribution in [-0.2, 0) is 0 Å². The maximum atomic E-state index is 4.85. The van der Waals surface area contributed by atoms with Gasteiger partial charge in [-0.1, -0.05) is 13.8 Å². The Morgan fingerprint density at radius 1 is 1.17 bits per heavy atom. The minimum atomic E-state index is 0.00359. The average molecular weight is 263 g/mol. The molecule has 3 rings (SSSR count). The molecule has 100 valence electrons. The molecule has 1 unspecified atom stereocenters. The molecule has 0 aromatic rings. The van der Waals surface area contributed by atoms with E-state index in [-0.39, 0.29) is 5.54 Å². The second-order valence-corrected chi connectivity index (χ2v) is 7.80. The smallest absolute Gasteiger partial charge is 0.0685 e. The molecule has 6 atom stereocenters. The lowest BCUT2D eigenvalue weighted by Gasteiger charge is -2.39. The Kier molecular flexibility index (Phi) is 2.78. The van der Waals surface area contributed by atoms with Gasteiger partial charge in [-0.3, -0.25) is 0 Å². The molecule has 0 radical (unpaired) electrons. The van der Waals surface area contributed by atoms with Gasteiger partial charge in [0.2, 0.25) is 0 Å². The molecule has 0 N–H and O–H groups in total. The van der Waals surface area contributed by atoms with Crippen LogP contribution in [0.1, 0.15) is 53.4 Å². The molecule has 3 saturated carbocycles. The topological polar surface area (TPSA) is 12.4 Å². The fourth-order valence-electron chi connectivity index (χ4n) is 5.79. The summed E-state index contributed by atoms with van der Waals surface area (Å²) < 4.78 is 0. The summed E-state index contributed by atoms with van der Waals surface area (Å²) in [6.07, 6.45) is 5.65. The number of hydrogen-bond acceptors (Lipinski definition) is 2. The monoisotopic (exact) mass is 263 g/mol. The van der Waals surface area contributed by atoms with Gasteiger partial charge in [-0.25, -0.2) is 4.99 Å². The first kappa shape index (κ1) is 12.8. The van der Waals surface area contributed by atoms with E-state index in [0.29, 0.717) is 5.41 Å². The van der Waals surface area contributed by atoms with E-state index in [2.05, 4.69) is 37.8 Å². The first-order valence-corrected chi connectivity index (χ1v) is 7.95. The van der Waals surface area contributed by atoms with Crippen molar-refractivity contribution in [1.82, 2.24) is 0 Å². The van der Waals surface area contributed by atoms with Crippen molar-refractivity contribution in [3.63, 3.8) is 0 Å². The van der Waals surface area contributed by atoms with Crippen molar-refractivity contribution in [2.75, 3.05) is 0 Å². The fourth-order valence-corrected chi connectivity index (χ4v) is 6.03. The molecule has 0 bridgehead atoms. The van der Waals surface area contributed by atoms with Crippen LogP contribution in [0.2, 0.25) is 0 Å². The van der Waals surface area contributed by atoms with Gasteiger partial charge in [0.1, 0.15) is 0 Å². The largest absolute Gasteiger partial charge is 0.226 e. The Bertz CT molecular complexity index is 409. The standard InChI is InChI=1S/C16H25NS/c1-10-7-8-16-11(2)5-6-12(14(16)13(10)16)15(3,4)17-9-18/h10-14H,5-8H2,1-4H3/t10-,11+,12-,13+,14+,16?/m1/s1. The summed E-state index contributed by atoms with van der Waals surface area (Å²) in [7, 11) is 0. The van der Waals surface area contributed by atoms with Gasteiger partial charge < -0.3 is 0 Å². The van der Waals surface area contributed by atoms with Gasteiger partial charge in [-0.05, 0) is 86.8 Å². The normalized spacial score (nSPS) is 50.1. The lowest BCUT2D eigenvalue weighted by atomic mass is 9.67. The van der Waals surface area contributed by atoms with Crippen LogP contribution in [0, 0.1) is 35.0 Å². The first-order valence-electron chi connectivity index (χ1n) is 7.54. The summed E-state index contributed by atoms with van der Waals surface area (Å²) >= 11 is 4.85. The highest BCUT2D eigenvalue weighted by Crippen LogP contribution is 2.79. The van der Waals surface area contributed by atoms with E-state index in [1.807, 2.05) is 0 Å². The quantitative estimate of drug-likeness (QED) is 0.525. The number of rotatable bonds is 2. The van der Waals surface area contributed by atoms with Crippen LogP contribution >= 0.6 is 12.2 Å². The van der Waals surface area contributed by atoms with Gasteiger partial charge in [-0.15, -0.1) is 0 Å². The number of hydrogen-bond donors (Lipinski definition) is 0. The molecular formula is C16H25NS. The van der Waals surface area contributed by atoms with E-state index in [9.17, 15) is 0 Å². The molecule has 18 heavy (non-hydrogen) atoms. The summed E-state index contributed by atoms with van der Waals surface area (Å²) in [5.41, 5.74) is 0.695. The highest BCUT2D eigenvalue weighted by atomic mass is 32.1.